The van der Waals surface area contributed by atoms with Crippen molar-refractivity contribution in [3.63, 3.8) is 0 Å². The third kappa shape index (κ3) is 6.31. The number of hydrogen-bond donors (Lipinski definition) is 0. The molecule has 0 unspecified atom stereocenters. The van der Waals surface area contributed by atoms with Crippen molar-refractivity contribution >= 4 is 62.1 Å². The summed E-state index contributed by atoms with van der Waals surface area (Å²) in [5.41, 5.74) is 12.3. The van der Waals surface area contributed by atoms with Gasteiger partial charge in [-0.1, -0.05) is 158 Å². The van der Waals surface area contributed by atoms with Gasteiger partial charge in [-0.15, -0.1) is 0 Å². The monoisotopic (exact) mass is 732 g/mol. The van der Waals surface area contributed by atoms with Crippen molar-refractivity contribution in [1.82, 2.24) is 4.57 Å². The largest absolute Gasteiger partial charge is 0.455 e. The first-order chi connectivity index (χ1) is 28.2. The Morgan fingerprint density at radius 1 is 0.491 bits per heavy atom. The number of aliphatic imine (C=N–C) groups is 3. The van der Waals surface area contributed by atoms with Crippen LogP contribution in [0.3, 0.4) is 0 Å². The first kappa shape index (κ1) is 33.9. The van der Waals surface area contributed by atoms with Crippen molar-refractivity contribution in [3.8, 4) is 27.9 Å². The Bertz CT molecular complexity index is 3170. The molecule has 0 bridgehead atoms. The second kappa shape index (κ2) is 14.5. The number of nitrogens with zero attached hydrogens (tertiary/aromatic N) is 4. The highest BCUT2D eigenvalue weighted by Crippen LogP contribution is 2.39. The molecule has 0 fully saturated rings. The van der Waals surface area contributed by atoms with Gasteiger partial charge in [-0.25, -0.2) is 9.98 Å². The summed E-state index contributed by atoms with van der Waals surface area (Å²) in [6.45, 7) is 4.44. The lowest BCUT2D eigenvalue weighted by Gasteiger charge is -2.11. The van der Waals surface area contributed by atoms with Crippen LogP contribution in [-0.2, 0) is 6.54 Å². The van der Waals surface area contributed by atoms with Gasteiger partial charge in [0.15, 0.2) is 11.7 Å². The second-order valence-electron chi connectivity index (χ2n) is 14.1. The van der Waals surface area contributed by atoms with Gasteiger partial charge in [-0.3, -0.25) is 4.99 Å². The summed E-state index contributed by atoms with van der Waals surface area (Å²) >= 11 is 0. The van der Waals surface area contributed by atoms with Gasteiger partial charge in [0.2, 0.25) is 0 Å². The fourth-order valence-electron chi connectivity index (χ4n) is 7.89. The molecular formula is C52H36N4O. The predicted octanol–water partition coefficient (Wildman–Crippen LogP) is 13.1. The summed E-state index contributed by atoms with van der Waals surface area (Å²) in [5.74, 6) is 1.09. The van der Waals surface area contributed by atoms with E-state index in [9.17, 15) is 0 Å². The minimum Gasteiger partial charge on any atom is -0.455 e. The van der Waals surface area contributed by atoms with Gasteiger partial charge in [-0.05, 0) is 65.4 Å². The summed E-state index contributed by atoms with van der Waals surface area (Å²) in [7, 11) is 0. The number of fused-ring (bicyclic) bond motifs is 6. The van der Waals surface area contributed by atoms with E-state index in [2.05, 4.69) is 156 Å². The Morgan fingerprint density at radius 3 is 2.04 bits per heavy atom. The fraction of sp³-hybridized carbons (Fsp3) is 0.0192. The average Bonchev–Trinajstić information content (AvgIpc) is 3.83. The molecule has 0 amide bonds. The lowest BCUT2D eigenvalue weighted by Crippen LogP contribution is -2.06. The van der Waals surface area contributed by atoms with E-state index >= 15 is 0 Å². The number of amidine groups is 2. The van der Waals surface area contributed by atoms with Crippen LogP contribution < -0.4 is 0 Å². The Balaban J connectivity index is 1.07. The Labute approximate surface area is 330 Å². The van der Waals surface area contributed by atoms with Crippen LogP contribution in [0.25, 0.3) is 71.7 Å². The zero-order valence-corrected chi connectivity index (χ0v) is 31.1. The zero-order chi connectivity index (χ0) is 38.1. The minimum absolute atomic E-state index is 0.463. The number of rotatable bonds is 7. The summed E-state index contributed by atoms with van der Waals surface area (Å²) in [4.78, 5) is 14.6. The van der Waals surface area contributed by atoms with E-state index in [-0.39, 0.29) is 0 Å². The summed E-state index contributed by atoms with van der Waals surface area (Å²) < 4.78 is 8.78. The molecule has 8 aromatic carbocycles. The van der Waals surface area contributed by atoms with Crippen LogP contribution in [0, 0.1) is 0 Å². The molecule has 10 rings (SSSR count). The van der Waals surface area contributed by atoms with E-state index in [0.29, 0.717) is 18.2 Å². The average molecular weight is 733 g/mol. The van der Waals surface area contributed by atoms with Crippen molar-refractivity contribution < 1.29 is 4.42 Å². The third-order valence-corrected chi connectivity index (χ3v) is 10.6. The van der Waals surface area contributed by atoms with Gasteiger partial charge in [0, 0.05) is 43.9 Å². The maximum atomic E-state index is 6.46. The van der Waals surface area contributed by atoms with Gasteiger partial charge >= 0.3 is 0 Å². The smallest absolute Gasteiger partial charge is 0.161 e. The van der Waals surface area contributed by atoms with Gasteiger partial charge < -0.3 is 8.98 Å². The molecule has 5 heteroatoms. The highest BCUT2D eigenvalue weighted by atomic mass is 16.3. The highest BCUT2D eigenvalue weighted by Gasteiger charge is 2.17. The van der Waals surface area contributed by atoms with Gasteiger partial charge in [0.1, 0.15) is 11.2 Å². The van der Waals surface area contributed by atoms with Crippen LogP contribution in [-0.4, -0.2) is 23.0 Å². The maximum absolute atomic E-state index is 6.46. The molecule has 270 valence electrons. The van der Waals surface area contributed by atoms with Crippen molar-refractivity contribution in [2.45, 2.75) is 6.54 Å². The fourth-order valence-corrected chi connectivity index (χ4v) is 7.89. The predicted molar refractivity (Wildman–Crippen MR) is 238 cm³/mol. The number of aromatic nitrogens is 1. The molecule has 0 N–H and O–H groups in total. The number of furan rings is 1. The summed E-state index contributed by atoms with van der Waals surface area (Å²) in [6, 6.07) is 67.2. The molecule has 0 saturated carbocycles. The highest BCUT2D eigenvalue weighted by molar-refractivity contribution is 6.14. The first-order valence-corrected chi connectivity index (χ1v) is 19.1. The van der Waals surface area contributed by atoms with E-state index in [1.165, 1.54) is 16.3 Å². The number of para-hydroxylation sites is 3. The van der Waals surface area contributed by atoms with Gasteiger partial charge in [0.05, 0.1) is 17.6 Å². The SMILES string of the molecule is C=NC(=NC(=NCc1cccc(-c2ccccc2)c1)c1ccccc1)c1cccc(-n2c3ccccc3c3ccc(-c4cccc5c4oc4ccccc45)cc32)c1. The van der Waals surface area contributed by atoms with E-state index < -0.39 is 0 Å². The normalized spacial score (nSPS) is 12.2. The molecule has 2 heterocycles. The Kier molecular flexibility index (Phi) is 8.65. The quantitative estimate of drug-likeness (QED) is 0.119. The molecule has 0 aliphatic heterocycles. The van der Waals surface area contributed by atoms with Crippen LogP contribution in [0.1, 0.15) is 16.7 Å². The molecule has 0 radical (unpaired) electrons. The first-order valence-electron chi connectivity index (χ1n) is 19.1. The van der Waals surface area contributed by atoms with E-state index in [1.807, 2.05) is 54.6 Å². The molecule has 10 aromatic rings. The molecular weight excluding hydrogens is 697 g/mol. The molecule has 0 aliphatic carbocycles. The van der Waals surface area contributed by atoms with Crippen molar-refractivity contribution in [2.24, 2.45) is 15.0 Å². The van der Waals surface area contributed by atoms with E-state index in [1.54, 1.807) is 0 Å². The molecule has 0 aliphatic rings. The van der Waals surface area contributed by atoms with Gasteiger partial charge in [-0.2, -0.15) is 0 Å². The number of benzene rings is 8. The standard InChI is InChI=1S/C52H36N4O/c1-53-51(55-52(37-18-6-3-7-19-37)54-34-35-15-12-20-38(31-35)36-16-4-2-5-17-36)40-21-13-22-41(32-40)56-47-27-10-8-23-43(47)44-30-29-39(33-48(44)56)42-25-14-26-46-45-24-9-11-28-49(45)57-50(42)46/h2-33H,1,34H2. The number of hydrogen-bond acceptors (Lipinski definition) is 2. The molecule has 57 heavy (non-hydrogen) atoms. The Hall–Kier alpha value is -7.63. The van der Waals surface area contributed by atoms with Crippen molar-refractivity contribution in [3.05, 3.63) is 211 Å². The second-order valence-corrected chi connectivity index (χ2v) is 14.1. The van der Waals surface area contributed by atoms with E-state index in [0.717, 1.165) is 72.0 Å². The minimum atomic E-state index is 0.463. The lowest BCUT2D eigenvalue weighted by atomic mass is 10.0. The lowest BCUT2D eigenvalue weighted by molar-refractivity contribution is 0.670. The van der Waals surface area contributed by atoms with Gasteiger partial charge in [0.25, 0.3) is 0 Å². The van der Waals surface area contributed by atoms with Crippen molar-refractivity contribution in [2.75, 3.05) is 0 Å². The molecule has 5 nitrogen and oxygen atoms in total. The maximum Gasteiger partial charge on any atom is 0.161 e. The van der Waals surface area contributed by atoms with E-state index in [4.69, 9.17) is 14.4 Å². The van der Waals surface area contributed by atoms with Crippen LogP contribution in [0.5, 0.6) is 0 Å². The van der Waals surface area contributed by atoms with Crippen LogP contribution in [0.15, 0.2) is 214 Å². The molecule has 0 atom stereocenters. The summed E-state index contributed by atoms with van der Waals surface area (Å²) in [5, 5.41) is 4.57. The molecule has 0 saturated heterocycles. The molecule has 2 aromatic heterocycles. The molecule has 0 spiro atoms. The van der Waals surface area contributed by atoms with Crippen LogP contribution in [0.2, 0.25) is 0 Å². The van der Waals surface area contributed by atoms with Crippen molar-refractivity contribution in [1.29, 1.82) is 0 Å². The summed E-state index contributed by atoms with van der Waals surface area (Å²) in [6.07, 6.45) is 0. The Morgan fingerprint density at radius 2 is 1.18 bits per heavy atom. The third-order valence-electron chi connectivity index (χ3n) is 10.6. The topological polar surface area (TPSA) is 55.1 Å². The van der Waals surface area contributed by atoms with Crippen LogP contribution in [0.4, 0.5) is 0 Å². The zero-order valence-electron chi connectivity index (χ0n) is 31.1. The van der Waals surface area contributed by atoms with Crippen LogP contribution >= 0.6 is 0 Å².